The number of pyridine rings is 1. The minimum Gasteiger partial charge on any atom is -0.350 e. The van der Waals surface area contributed by atoms with Crippen molar-refractivity contribution >= 4 is 29.7 Å². The van der Waals surface area contributed by atoms with Gasteiger partial charge in [-0.05, 0) is 12.1 Å². The number of carbonyl (C=O) groups excluding carboxylic acids is 1. The number of aryl methyl sites for hydroxylation is 1. The number of fused-ring (bicyclic) bond motifs is 1. The molecule has 1 amide bonds. The first-order valence-electron chi connectivity index (χ1n) is 4.89. The molecule has 2 aromatic heterocycles. The van der Waals surface area contributed by atoms with E-state index in [9.17, 15) is 4.79 Å². The SMILES string of the molecule is Cn1cnc2ccc(C(=O)NCCS)nc21. The van der Waals surface area contributed by atoms with Gasteiger partial charge in [0.15, 0.2) is 5.65 Å². The van der Waals surface area contributed by atoms with Crippen LogP contribution in [0.25, 0.3) is 11.2 Å². The molecule has 5 nitrogen and oxygen atoms in total. The summed E-state index contributed by atoms with van der Waals surface area (Å²) in [6, 6.07) is 3.46. The van der Waals surface area contributed by atoms with Gasteiger partial charge >= 0.3 is 0 Å². The molecule has 0 fully saturated rings. The molecule has 0 aliphatic rings. The fraction of sp³-hybridized carbons (Fsp3) is 0.300. The Morgan fingerprint density at radius 3 is 3.12 bits per heavy atom. The molecule has 2 heterocycles. The molecule has 0 saturated heterocycles. The lowest BCUT2D eigenvalue weighted by Crippen LogP contribution is -2.26. The average molecular weight is 236 g/mol. The molecule has 0 bridgehead atoms. The van der Waals surface area contributed by atoms with E-state index in [1.165, 1.54) is 0 Å². The molecule has 0 saturated carbocycles. The fourth-order valence-corrected chi connectivity index (χ4v) is 1.50. The molecular weight excluding hydrogens is 224 g/mol. The average Bonchev–Trinajstić information content (AvgIpc) is 2.67. The van der Waals surface area contributed by atoms with E-state index in [0.717, 1.165) is 5.52 Å². The molecule has 0 aromatic carbocycles. The highest BCUT2D eigenvalue weighted by atomic mass is 32.1. The van der Waals surface area contributed by atoms with Crippen LogP contribution in [0.1, 0.15) is 10.5 Å². The van der Waals surface area contributed by atoms with Crippen LogP contribution in [0.3, 0.4) is 0 Å². The van der Waals surface area contributed by atoms with Gasteiger partial charge in [-0.1, -0.05) is 0 Å². The fourth-order valence-electron chi connectivity index (χ4n) is 1.39. The van der Waals surface area contributed by atoms with Gasteiger partial charge in [0.1, 0.15) is 11.2 Å². The second-order valence-electron chi connectivity index (χ2n) is 3.37. The van der Waals surface area contributed by atoms with Crippen LogP contribution in [0.15, 0.2) is 18.5 Å². The van der Waals surface area contributed by atoms with Gasteiger partial charge in [-0.25, -0.2) is 9.97 Å². The third-order valence-electron chi connectivity index (χ3n) is 2.19. The summed E-state index contributed by atoms with van der Waals surface area (Å²) in [6.07, 6.45) is 1.67. The zero-order valence-corrected chi connectivity index (χ0v) is 9.74. The van der Waals surface area contributed by atoms with Crippen LogP contribution < -0.4 is 5.32 Å². The minimum atomic E-state index is -0.183. The van der Waals surface area contributed by atoms with Crippen LogP contribution in [0.4, 0.5) is 0 Å². The van der Waals surface area contributed by atoms with Crippen molar-refractivity contribution in [2.75, 3.05) is 12.3 Å². The van der Waals surface area contributed by atoms with E-state index in [1.54, 1.807) is 23.0 Å². The Kier molecular flexibility index (Phi) is 3.09. The Labute approximate surface area is 98.3 Å². The first-order valence-corrected chi connectivity index (χ1v) is 5.53. The molecule has 84 valence electrons. The number of carbonyl (C=O) groups is 1. The van der Waals surface area contributed by atoms with Crippen molar-refractivity contribution < 1.29 is 4.79 Å². The molecule has 2 aromatic rings. The van der Waals surface area contributed by atoms with Crippen molar-refractivity contribution in [1.82, 2.24) is 19.9 Å². The second kappa shape index (κ2) is 4.52. The summed E-state index contributed by atoms with van der Waals surface area (Å²) >= 11 is 4.02. The van der Waals surface area contributed by atoms with Crippen LogP contribution in [0.2, 0.25) is 0 Å². The van der Waals surface area contributed by atoms with E-state index in [4.69, 9.17) is 0 Å². The van der Waals surface area contributed by atoms with Crippen molar-refractivity contribution in [2.45, 2.75) is 0 Å². The van der Waals surface area contributed by atoms with Gasteiger partial charge in [-0.3, -0.25) is 4.79 Å². The topological polar surface area (TPSA) is 59.8 Å². The van der Waals surface area contributed by atoms with Gasteiger partial charge in [0.2, 0.25) is 0 Å². The van der Waals surface area contributed by atoms with Gasteiger partial charge in [0.05, 0.1) is 6.33 Å². The number of amides is 1. The van der Waals surface area contributed by atoms with Gasteiger partial charge < -0.3 is 9.88 Å². The summed E-state index contributed by atoms with van der Waals surface area (Å²) in [5, 5.41) is 2.72. The highest BCUT2D eigenvalue weighted by Crippen LogP contribution is 2.09. The molecule has 6 heteroatoms. The third-order valence-corrected chi connectivity index (χ3v) is 2.41. The monoisotopic (exact) mass is 236 g/mol. The molecule has 2 rings (SSSR count). The number of aromatic nitrogens is 3. The Morgan fingerprint density at radius 1 is 1.56 bits per heavy atom. The summed E-state index contributed by atoms with van der Waals surface area (Å²) in [5.41, 5.74) is 1.89. The van der Waals surface area contributed by atoms with Crippen LogP contribution >= 0.6 is 12.6 Å². The maximum atomic E-state index is 11.6. The lowest BCUT2D eigenvalue weighted by Gasteiger charge is -2.02. The van der Waals surface area contributed by atoms with E-state index in [0.29, 0.717) is 23.6 Å². The van der Waals surface area contributed by atoms with Crippen LogP contribution in [-0.2, 0) is 7.05 Å². The Bertz CT molecular complexity index is 523. The number of hydrogen-bond donors (Lipinski definition) is 2. The smallest absolute Gasteiger partial charge is 0.269 e. The van der Waals surface area contributed by atoms with Gasteiger partial charge in [0.25, 0.3) is 5.91 Å². The summed E-state index contributed by atoms with van der Waals surface area (Å²) in [5.74, 6) is 0.428. The zero-order chi connectivity index (χ0) is 11.5. The van der Waals surface area contributed by atoms with Crippen LogP contribution in [-0.4, -0.2) is 32.7 Å². The third kappa shape index (κ3) is 2.01. The summed E-state index contributed by atoms with van der Waals surface area (Å²) in [7, 11) is 1.84. The summed E-state index contributed by atoms with van der Waals surface area (Å²) in [4.78, 5) is 20.0. The highest BCUT2D eigenvalue weighted by Gasteiger charge is 2.09. The Hall–Kier alpha value is -1.56. The Morgan fingerprint density at radius 2 is 2.38 bits per heavy atom. The highest BCUT2D eigenvalue weighted by molar-refractivity contribution is 7.80. The maximum Gasteiger partial charge on any atom is 0.269 e. The number of thiol groups is 1. The molecule has 0 spiro atoms. The van der Waals surface area contributed by atoms with E-state index in [1.807, 2.05) is 7.05 Å². The number of hydrogen-bond acceptors (Lipinski definition) is 4. The summed E-state index contributed by atoms with van der Waals surface area (Å²) in [6.45, 7) is 0.535. The largest absolute Gasteiger partial charge is 0.350 e. The van der Waals surface area contributed by atoms with Crippen LogP contribution in [0, 0.1) is 0 Å². The lowest BCUT2D eigenvalue weighted by molar-refractivity contribution is 0.0951. The van der Waals surface area contributed by atoms with E-state index in [2.05, 4.69) is 27.9 Å². The first kappa shape index (κ1) is 10.9. The van der Waals surface area contributed by atoms with Crippen molar-refractivity contribution in [2.24, 2.45) is 7.05 Å². The van der Waals surface area contributed by atoms with Crippen molar-refractivity contribution in [3.05, 3.63) is 24.2 Å². The first-order chi connectivity index (χ1) is 7.72. The van der Waals surface area contributed by atoms with Crippen molar-refractivity contribution in [3.8, 4) is 0 Å². The predicted molar refractivity (Wildman–Crippen MR) is 64.7 cm³/mol. The number of nitrogens with zero attached hydrogens (tertiary/aromatic N) is 3. The van der Waals surface area contributed by atoms with Gasteiger partial charge in [-0.15, -0.1) is 0 Å². The molecule has 0 aliphatic heterocycles. The maximum absolute atomic E-state index is 11.6. The molecular formula is C10H12N4OS. The van der Waals surface area contributed by atoms with Crippen molar-refractivity contribution in [3.63, 3.8) is 0 Å². The molecule has 16 heavy (non-hydrogen) atoms. The van der Waals surface area contributed by atoms with E-state index in [-0.39, 0.29) is 5.91 Å². The zero-order valence-electron chi connectivity index (χ0n) is 8.84. The lowest BCUT2D eigenvalue weighted by atomic mass is 10.3. The standard InChI is InChI=1S/C10H12N4OS/c1-14-6-12-7-2-3-8(13-9(7)14)10(15)11-4-5-16/h2-3,6,16H,4-5H2,1H3,(H,11,15). The molecule has 0 unspecified atom stereocenters. The predicted octanol–water partition coefficient (Wildman–Crippen LogP) is 0.628. The van der Waals surface area contributed by atoms with E-state index >= 15 is 0 Å². The normalized spacial score (nSPS) is 10.6. The number of rotatable bonds is 3. The van der Waals surface area contributed by atoms with E-state index < -0.39 is 0 Å². The number of nitrogens with one attached hydrogen (secondary N) is 1. The van der Waals surface area contributed by atoms with Crippen LogP contribution in [0.5, 0.6) is 0 Å². The summed E-state index contributed by atoms with van der Waals surface area (Å²) < 4.78 is 1.78. The second-order valence-corrected chi connectivity index (χ2v) is 3.82. The van der Waals surface area contributed by atoms with Gasteiger partial charge in [-0.2, -0.15) is 12.6 Å². The Balaban J connectivity index is 2.31. The quantitative estimate of drug-likeness (QED) is 0.768. The number of imidazole rings is 1. The van der Waals surface area contributed by atoms with Gasteiger partial charge in [0, 0.05) is 19.3 Å². The molecule has 0 atom stereocenters. The molecule has 0 aliphatic carbocycles. The minimum absolute atomic E-state index is 0.183. The molecule has 1 N–H and O–H groups in total. The van der Waals surface area contributed by atoms with Crippen molar-refractivity contribution in [1.29, 1.82) is 0 Å². The molecule has 0 radical (unpaired) electrons.